The average Bonchev–Trinajstić information content (AvgIpc) is 2.72. The number of nitrogens with zero attached hydrogens (tertiary/aromatic N) is 3. The topological polar surface area (TPSA) is 90.4 Å². The van der Waals surface area contributed by atoms with Gasteiger partial charge in [0.25, 0.3) is 5.56 Å². The van der Waals surface area contributed by atoms with Crippen molar-refractivity contribution in [2.75, 3.05) is 5.75 Å². The summed E-state index contributed by atoms with van der Waals surface area (Å²) in [6.45, 7) is 1.98. The first-order chi connectivity index (χ1) is 8.60. The van der Waals surface area contributed by atoms with Gasteiger partial charge in [-0.3, -0.25) is 9.59 Å². The molecule has 0 aromatic carbocycles. The predicted molar refractivity (Wildman–Crippen MR) is 71.9 cm³/mol. The monoisotopic (exact) mass is 284 g/mol. The molecule has 2 rings (SSSR count). The molecule has 0 aliphatic rings. The first-order valence-corrected chi connectivity index (χ1v) is 7.32. The molecule has 2 heterocycles. The molecular weight excluding hydrogens is 272 g/mol. The Hall–Kier alpha value is -1.41. The van der Waals surface area contributed by atoms with Crippen LogP contribution < -0.4 is 11.3 Å². The quantitative estimate of drug-likeness (QED) is 0.860. The molecule has 0 radical (unpaired) electrons. The zero-order valence-electron chi connectivity index (χ0n) is 9.75. The minimum atomic E-state index is -0.371. The molecule has 0 bridgehead atoms. The second-order valence-corrected chi connectivity index (χ2v) is 5.61. The van der Waals surface area contributed by atoms with Crippen molar-refractivity contribution in [1.29, 1.82) is 0 Å². The molecule has 0 spiro atoms. The van der Waals surface area contributed by atoms with Crippen molar-refractivity contribution >= 4 is 34.0 Å². The van der Waals surface area contributed by atoms with Gasteiger partial charge in [0.1, 0.15) is 5.01 Å². The summed E-state index contributed by atoms with van der Waals surface area (Å²) in [5, 5.41) is 5.04. The highest BCUT2D eigenvalue weighted by atomic mass is 32.2. The van der Waals surface area contributed by atoms with Gasteiger partial charge in [0.05, 0.1) is 11.4 Å². The van der Waals surface area contributed by atoms with Gasteiger partial charge in [-0.15, -0.1) is 11.8 Å². The molecule has 96 valence electrons. The molecule has 2 aromatic rings. The van der Waals surface area contributed by atoms with Gasteiger partial charge in [-0.05, 0) is 6.42 Å². The van der Waals surface area contributed by atoms with Crippen LogP contribution in [0.4, 0.5) is 0 Å². The van der Waals surface area contributed by atoms with Crippen molar-refractivity contribution in [1.82, 2.24) is 14.6 Å². The van der Waals surface area contributed by atoms with Gasteiger partial charge in [0, 0.05) is 11.8 Å². The van der Waals surface area contributed by atoms with E-state index in [9.17, 15) is 9.59 Å². The number of primary amides is 1. The van der Waals surface area contributed by atoms with Gasteiger partial charge >= 0.3 is 0 Å². The average molecular weight is 284 g/mol. The largest absolute Gasteiger partial charge is 0.369 e. The number of nitrogens with two attached hydrogens (primary N) is 1. The maximum atomic E-state index is 11.8. The molecule has 6 nitrogen and oxygen atoms in total. The van der Waals surface area contributed by atoms with E-state index < -0.39 is 0 Å². The lowest BCUT2D eigenvalue weighted by molar-refractivity contribution is -0.115. The summed E-state index contributed by atoms with van der Waals surface area (Å²) in [6.07, 6.45) is 0.777. The molecule has 0 aliphatic carbocycles. The fraction of sp³-hybridized carbons (Fsp3) is 0.400. The van der Waals surface area contributed by atoms with E-state index in [-0.39, 0.29) is 17.2 Å². The Labute approximate surface area is 111 Å². The van der Waals surface area contributed by atoms with Gasteiger partial charge in [-0.25, -0.2) is 4.98 Å². The van der Waals surface area contributed by atoms with E-state index in [4.69, 9.17) is 5.73 Å². The highest BCUT2D eigenvalue weighted by molar-refractivity contribution is 7.99. The fourth-order valence-electron chi connectivity index (χ4n) is 1.37. The zero-order chi connectivity index (χ0) is 13.1. The van der Waals surface area contributed by atoms with Crippen LogP contribution in [0.15, 0.2) is 10.9 Å². The van der Waals surface area contributed by atoms with E-state index in [0.717, 1.165) is 11.4 Å². The Morgan fingerprint density at radius 3 is 3.06 bits per heavy atom. The van der Waals surface area contributed by atoms with Crippen LogP contribution in [0.3, 0.4) is 0 Å². The number of aryl methyl sites for hydroxylation is 1. The van der Waals surface area contributed by atoms with Crippen LogP contribution in [-0.2, 0) is 17.0 Å². The Morgan fingerprint density at radius 1 is 1.61 bits per heavy atom. The van der Waals surface area contributed by atoms with Crippen molar-refractivity contribution < 1.29 is 4.79 Å². The molecule has 18 heavy (non-hydrogen) atoms. The lowest BCUT2D eigenvalue weighted by Gasteiger charge is -1.98. The van der Waals surface area contributed by atoms with Crippen molar-refractivity contribution in [2.45, 2.75) is 19.1 Å². The number of carbonyl (C=O) groups excluding carboxylic acids is 1. The maximum Gasteiger partial charge on any atom is 0.275 e. The van der Waals surface area contributed by atoms with Crippen LogP contribution in [0.5, 0.6) is 0 Å². The van der Waals surface area contributed by atoms with E-state index in [1.807, 2.05) is 6.92 Å². The minimum Gasteiger partial charge on any atom is -0.369 e. The highest BCUT2D eigenvalue weighted by Crippen LogP contribution is 2.14. The molecular formula is C10H12N4O2S2. The predicted octanol–water partition coefficient (Wildman–Crippen LogP) is 0.432. The van der Waals surface area contributed by atoms with Crippen molar-refractivity contribution in [2.24, 2.45) is 5.73 Å². The molecule has 0 aliphatic heterocycles. The molecule has 0 saturated carbocycles. The third kappa shape index (κ3) is 2.88. The van der Waals surface area contributed by atoms with Crippen molar-refractivity contribution in [3.8, 4) is 0 Å². The van der Waals surface area contributed by atoms with Crippen LogP contribution in [0.2, 0.25) is 0 Å². The smallest absolute Gasteiger partial charge is 0.275 e. The normalized spacial score (nSPS) is 10.9. The molecule has 0 unspecified atom stereocenters. The number of amides is 1. The second kappa shape index (κ2) is 5.49. The van der Waals surface area contributed by atoms with E-state index in [0.29, 0.717) is 16.4 Å². The Bertz CT molecular complexity index is 634. The maximum absolute atomic E-state index is 11.8. The lowest BCUT2D eigenvalue weighted by Crippen LogP contribution is -2.16. The number of hydrogen-bond acceptors (Lipinski definition) is 6. The summed E-state index contributed by atoms with van der Waals surface area (Å²) >= 11 is 2.75. The summed E-state index contributed by atoms with van der Waals surface area (Å²) in [5.74, 6) is 0.349. The van der Waals surface area contributed by atoms with E-state index in [1.54, 1.807) is 0 Å². The standard InChI is InChI=1S/C10H12N4O2S2/c1-2-8-13-14-9(16)3-6(12-10(14)18-8)4-17-5-7(11)15/h3H,2,4-5H2,1H3,(H2,11,15). The first kappa shape index (κ1) is 13.0. The van der Waals surface area contributed by atoms with E-state index >= 15 is 0 Å². The number of hydrogen-bond donors (Lipinski definition) is 1. The van der Waals surface area contributed by atoms with Crippen LogP contribution in [0, 0.1) is 0 Å². The third-order valence-corrected chi connectivity index (χ3v) is 4.18. The van der Waals surface area contributed by atoms with Crippen LogP contribution in [0.1, 0.15) is 17.6 Å². The van der Waals surface area contributed by atoms with Gasteiger partial charge in [-0.2, -0.15) is 9.61 Å². The van der Waals surface area contributed by atoms with E-state index in [1.165, 1.54) is 33.7 Å². The summed E-state index contributed by atoms with van der Waals surface area (Å²) < 4.78 is 1.31. The minimum absolute atomic E-state index is 0.189. The number of fused-ring (bicyclic) bond motifs is 1. The molecule has 0 atom stereocenters. The Morgan fingerprint density at radius 2 is 2.39 bits per heavy atom. The molecule has 8 heteroatoms. The van der Waals surface area contributed by atoms with Crippen molar-refractivity contribution in [3.05, 3.63) is 27.1 Å². The molecule has 1 amide bonds. The highest BCUT2D eigenvalue weighted by Gasteiger charge is 2.08. The molecule has 0 saturated heterocycles. The van der Waals surface area contributed by atoms with Gasteiger partial charge in [0.15, 0.2) is 0 Å². The van der Waals surface area contributed by atoms with Gasteiger partial charge in [-0.1, -0.05) is 18.3 Å². The number of aromatic nitrogens is 3. The number of rotatable bonds is 5. The third-order valence-electron chi connectivity index (χ3n) is 2.14. The summed E-state index contributed by atoms with van der Waals surface area (Å²) in [4.78, 5) is 27.3. The molecule has 2 N–H and O–H groups in total. The number of carbonyl (C=O) groups is 1. The van der Waals surface area contributed by atoms with E-state index in [2.05, 4.69) is 10.1 Å². The summed E-state index contributed by atoms with van der Waals surface area (Å²) in [7, 11) is 0. The van der Waals surface area contributed by atoms with Crippen LogP contribution >= 0.6 is 23.1 Å². The lowest BCUT2D eigenvalue weighted by atomic mass is 10.4. The summed E-state index contributed by atoms with van der Waals surface area (Å²) in [6, 6.07) is 1.44. The first-order valence-electron chi connectivity index (χ1n) is 5.35. The second-order valence-electron chi connectivity index (χ2n) is 3.59. The SMILES string of the molecule is CCc1nn2c(=O)cc(CSCC(N)=O)nc2s1. The Kier molecular flexibility index (Phi) is 3.97. The van der Waals surface area contributed by atoms with Crippen LogP contribution in [-0.4, -0.2) is 26.3 Å². The molecule has 2 aromatic heterocycles. The van der Waals surface area contributed by atoms with Gasteiger partial charge < -0.3 is 5.73 Å². The zero-order valence-corrected chi connectivity index (χ0v) is 11.4. The van der Waals surface area contributed by atoms with Crippen LogP contribution in [0.25, 0.3) is 4.96 Å². The fourth-order valence-corrected chi connectivity index (χ4v) is 2.89. The van der Waals surface area contributed by atoms with Gasteiger partial charge in [0.2, 0.25) is 10.9 Å². The number of thioether (sulfide) groups is 1. The Balaban J connectivity index is 2.25. The summed E-state index contributed by atoms with van der Waals surface area (Å²) in [5.41, 5.74) is 5.51. The van der Waals surface area contributed by atoms with Crippen molar-refractivity contribution in [3.63, 3.8) is 0 Å². The molecule has 0 fully saturated rings.